The van der Waals surface area contributed by atoms with Crippen molar-refractivity contribution in [2.75, 3.05) is 31.5 Å². The second-order valence-electron chi connectivity index (χ2n) is 10.2. The van der Waals surface area contributed by atoms with Crippen LogP contribution in [0.1, 0.15) is 52.6 Å². The normalized spacial score (nSPS) is 14.9. The summed E-state index contributed by atoms with van der Waals surface area (Å²) < 4.78 is 5.98. The lowest BCUT2D eigenvalue weighted by Gasteiger charge is -2.35. The van der Waals surface area contributed by atoms with Crippen molar-refractivity contribution in [2.24, 2.45) is 0 Å². The number of fused-ring (bicyclic) bond motifs is 1. The number of nitrogens with one attached hydrogen (secondary N) is 1. The van der Waals surface area contributed by atoms with E-state index in [0.717, 1.165) is 44.0 Å². The molecule has 0 atom stereocenters. The van der Waals surface area contributed by atoms with Crippen LogP contribution in [0, 0.1) is 6.92 Å². The van der Waals surface area contributed by atoms with Gasteiger partial charge in [-0.3, -0.25) is 14.6 Å². The third-order valence-corrected chi connectivity index (χ3v) is 7.27. The van der Waals surface area contributed by atoms with Crippen molar-refractivity contribution in [1.82, 2.24) is 9.80 Å². The summed E-state index contributed by atoms with van der Waals surface area (Å²) in [5.41, 5.74) is 5.12. The number of hydrogen-bond acceptors (Lipinski definition) is 5. The molecular formula is C31H35N3O3. The Morgan fingerprint density at radius 2 is 1.57 bits per heavy atom. The molecule has 3 aromatic carbocycles. The van der Waals surface area contributed by atoms with Crippen molar-refractivity contribution in [1.29, 1.82) is 0 Å². The third kappa shape index (κ3) is 5.55. The molecule has 0 unspecified atom stereocenters. The van der Waals surface area contributed by atoms with Crippen LogP contribution in [0.2, 0.25) is 0 Å². The van der Waals surface area contributed by atoms with Gasteiger partial charge >= 0.3 is 0 Å². The average Bonchev–Trinajstić information content (AvgIpc) is 3.24. The number of phenolic OH excluding ortho intramolecular Hbond substituents is 1. The lowest BCUT2D eigenvalue weighted by molar-refractivity contribution is 0.102. The van der Waals surface area contributed by atoms with Crippen molar-refractivity contribution in [3.63, 3.8) is 0 Å². The quantitative estimate of drug-likeness (QED) is 0.321. The molecule has 6 heteroatoms. The molecular weight excluding hydrogens is 462 g/mol. The van der Waals surface area contributed by atoms with Crippen LogP contribution in [0.3, 0.4) is 0 Å². The summed E-state index contributed by atoms with van der Waals surface area (Å²) in [5, 5.41) is 14.6. The third-order valence-electron chi connectivity index (χ3n) is 7.27. The van der Waals surface area contributed by atoms with Crippen LogP contribution in [0.25, 0.3) is 11.0 Å². The molecule has 1 fully saturated rings. The Bertz CT molecular complexity index is 1370. The van der Waals surface area contributed by atoms with Gasteiger partial charge in [-0.2, -0.15) is 0 Å². The first-order chi connectivity index (χ1) is 17.9. The van der Waals surface area contributed by atoms with Crippen LogP contribution in [-0.2, 0) is 13.1 Å². The van der Waals surface area contributed by atoms with E-state index < -0.39 is 0 Å². The Morgan fingerprint density at radius 3 is 2.22 bits per heavy atom. The largest absolute Gasteiger partial charge is 0.508 e. The van der Waals surface area contributed by atoms with Gasteiger partial charge in [0, 0.05) is 55.9 Å². The first-order valence-corrected chi connectivity index (χ1v) is 13.0. The molecule has 0 bridgehead atoms. The van der Waals surface area contributed by atoms with Crippen molar-refractivity contribution in [3.05, 3.63) is 94.7 Å². The number of amides is 1. The average molecular weight is 498 g/mol. The molecule has 1 saturated heterocycles. The summed E-state index contributed by atoms with van der Waals surface area (Å²) in [5.74, 6) is 0.935. The van der Waals surface area contributed by atoms with Gasteiger partial charge < -0.3 is 14.8 Å². The molecule has 6 nitrogen and oxygen atoms in total. The van der Waals surface area contributed by atoms with Gasteiger partial charge in [-0.1, -0.05) is 56.3 Å². The van der Waals surface area contributed by atoms with E-state index in [0.29, 0.717) is 34.8 Å². The smallest absolute Gasteiger partial charge is 0.259 e. The summed E-state index contributed by atoms with van der Waals surface area (Å²) in [6.45, 7) is 11.3. The fourth-order valence-corrected chi connectivity index (χ4v) is 5.12. The number of rotatable bonds is 7. The van der Waals surface area contributed by atoms with E-state index in [1.54, 1.807) is 19.1 Å². The second-order valence-corrected chi connectivity index (χ2v) is 10.2. The summed E-state index contributed by atoms with van der Waals surface area (Å²) in [6.07, 6.45) is 0. The molecule has 2 N–H and O–H groups in total. The highest BCUT2D eigenvalue weighted by Crippen LogP contribution is 2.35. The fourth-order valence-electron chi connectivity index (χ4n) is 5.12. The minimum atomic E-state index is -0.229. The van der Waals surface area contributed by atoms with Crippen LogP contribution in [0.4, 0.5) is 5.69 Å². The number of benzene rings is 3. The highest BCUT2D eigenvalue weighted by atomic mass is 16.3. The fraction of sp³-hybridized carbons (Fsp3) is 0.323. The van der Waals surface area contributed by atoms with Gasteiger partial charge in [0.2, 0.25) is 0 Å². The summed E-state index contributed by atoms with van der Waals surface area (Å²) in [6, 6.07) is 21.9. The number of nitrogens with zero attached hydrogens (tertiary/aromatic N) is 2. The van der Waals surface area contributed by atoms with Crippen molar-refractivity contribution >= 4 is 22.6 Å². The Morgan fingerprint density at radius 1 is 0.919 bits per heavy atom. The number of anilines is 1. The second kappa shape index (κ2) is 10.8. The molecule has 1 aliphatic rings. The SMILES string of the molecule is Cc1oc2ccc(O)c(CN3CCN(Cc4ccccc4)CC3)c2c1C(=O)Nc1ccc(C(C)C)cc1. The Hall–Kier alpha value is -3.61. The molecule has 0 aliphatic carbocycles. The van der Waals surface area contributed by atoms with Gasteiger partial charge in [0.15, 0.2) is 0 Å². The number of aryl methyl sites for hydroxylation is 1. The number of piperazine rings is 1. The molecule has 37 heavy (non-hydrogen) atoms. The molecule has 5 rings (SSSR count). The van der Waals surface area contributed by atoms with Gasteiger partial charge in [-0.15, -0.1) is 0 Å². The van der Waals surface area contributed by atoms with Crippen molar-refractivity contribution in [2.45, 2.75) is 39.8 Å². The standard InChI is InChI=1S/C31H35N3O3/c1-21(2)24-9-11-25(12-10-24)32-31(36)29-22(3)37-28-14-13-27(35)26(30(28)29)20-34-17-15-33(16-18-34)19-23-7-5-4-6-8-23/h4-14,21,35H,15-20H2,1-3H3,(H,32,36). The van der Waals surface area contributed by atoms with E-state index in [2.05, 4.69) is 53.2 Å². The molecule has 1 amide bonds. The Balaban J connectivity index is 1.34. The van der Waals surface area contributed by atoms with E-state index in [-0.39, 0.29) is 11.7 Å². The monoisotopic (exact) mass is 497 g/mol. The highest BCUT2D eigenvalue weighted by molar-refractivity contribution is 6.14. The van der Waals surface area contributed by atoms with Crippen LogP contribution >= 0.6 is 0 Å². The van der Waals surface area contributed by atoms with E-state index >= 15 is 0 Å². The van der Waals surface area contributed by atoms with Crippen LogP contribution in [0.5, 0.6) is 5.75 Å². The number of carbonyl (C=O) groups excluding carboxylic acids is 1. The predicted octanol–water partition coefficient (Wildman–Crippen LogP) is 6.14. The minimum Gasteiger partial charge on any atom is -0.508 e. The first-order valence-electron chi connectivity index (χ1n) is 13.0. The van der Waals surface area contributed by atoms with Gasteiger partial charge in [0.25, 0.3) is 5.91 Å². The highest BCUT2D eigenvalue weighted by Gasteiger charge is 2.25. The first kappa shape index (κ1) is 25.1. The summed E-state index contributed by atoms with van der Waals surface area (Å²) >= 11 is 0. The molecule has 0 radical (unpaired) electrons. The van der Waals surface area contributed by atoms with E-state index in [1.807, 2.05) is 30.3 Å². The summed E-state index contributed by atoms with van der Waals surface area (Å²) in [7, 11) is 0. The van der Waals surface area contributed by atoms with Crippen LogP contribution in [0.15, 0.2) is 71.1 Å². The van der Waals surface area contributed by atoms with Crippen molar-refractivity contribution < 1.29 is 14.3 Å². The van der Waals surface area contributed by atoms with E-state index in [9.17, 15) is 9.90 Å². The van der Waals surface area contributed by atoms with Gasteiger partial charge in [0.05, 0.1) is 5.56 Å². The Labute approximate surface area is 218 Å². The molecule has 1 aromatic heterocycles. The minimum absolute atomic E-state index is 0.190. The lowest BCUT2D eigenvalue weighted by Crippen LogP contribution is -2.45. The lowest BCUT2D eigenvalue weighted by atomic mass is 10.0. The van der Waals surface area contributed by atoms with Crippen LogP contribution in [-0.4, -0.2) is 47.0 Å². The zero-order chi connectivity index (χ0) is 25.9. The van der Waals surface area contributed by atoms with Crippen molar-refractivity contribution in [3.8, 4) is 5.75 Å². The maximum absolute atomic E-state index is 13.4. The van der Waals surface area contributed by atoms with Gasteiger partial charge in [-0.25, -0.2) is 0 Å². The molecule has 4 aromatic rings. The van der Waals surface area contributed by atoms with E-state index in [4.69, 9.17) is 4.42 Å². The molecule has 1 aliphatic heterocycles. The number of hydrogen-bond donors (Lipinski definition) is 2. The number of phenols is 1. The zero-order valence-corrected chi connectivity index (χ0v) is 21.8. The van der Waals surface area contributed by atoms with Gasteiger partial charge in [0.1, 0.15) is 17.1 Å². The topological polar surface area (TPSA) is 69.0 Å². The number of carbonyl (C=O) groups is 1. The maximum Gasteiger partial charge on any atom is 0.259 e. The maximum atomic E-state index is 13.4. The van der Waals surface area contributed by atoms with Gasteiger partial charge in [-0.05, 0) is 48.2 Å². The number of furan rings is 1. The molecule has 2 heterocycles. The Kier molecular flexibility index (Phi) is 7.31. The van der Waals surface area contributed by atoms with Crippen LogP contribution < -0.4 is 5.32 Å². The zero-order valence-electron chi connectivity index (χ0n) is 21.8. The molecule has 192 valence electrons. The van der Waals surface area contributed by atoms with E-state index in [1.165, 1.54) is 11.1 Å². The molecule has 0 spiro atoms. The predicted molar refractivity (Wildman–Crippen MR) is 148 cm³/mol. The molecule has 0 saturated carbocycles. The summed E-state index contributed by atoms with van der Waals surface area (Å²) in [4.78, 5) is 18.2. The number of aromatic hydroxyl groups is 1.